The van der Waals surface area contributed by atoms with Crippen LogP contribution in [0.5, 0.6) is 0 Å². The fourth-order valence-corrected chi connectivity index (χ4v) is 14.9. The second-order valence-corrected chi connectivity index (χ2v) is 18.7. The van der Waals surface area contributed by atoms with Crippen LogP contribution < -0.4 is 35.2 Å². The van der Waals surface area contributed by atoms with Crippen molar-refractivity contribution >= 4 is 24.0 Å². The van der Waals surface area contributed by atoms with Gasteiger partial charge in [0.1, 0.15) is 0 Å². The minimum absolute atomic E-state index is 0. The molecule has 0 saturated heterocycles. The van der Waals surface area contributed by atoms with Gasteiger partial charge in [-0.1, -0.05) is 187 Å². The van der Waals surface area contributed by atoms with Crippen LogP contribution in [0.15, 0.2) is 156 Å². The van der Waals surface area contributed by atoms with E-state index in [4.69, 9.17) is 0 Å². The Bertz CT molecular complexity index is 1950. The Labute approximate surface area is 334 Å². The molecule has 0 aliphatic heterocycles. The minimum Gasteiger partial charge on any atom is -1.00 e. The maximum atomic E-state index is 2.78. The third-order valence-electron chi connectivity index (χ3n) is 15.5. The quantitative estimate of drug-likeness (QED) is 0.329. The fraction of sp³-hybridized carbons (Fsp3) is 0.348. The van der Waals surface area contributed by atoms with E-state index in [0.717, 1.165) is 6.42 Å². The average Bonchev–Trinajstić information content (AvgIpc) is 3.67. The van der Waals surface area contributed by atoms with E-state index in [1.807, 2.05) is 0 Å². The molecule has 6 aliphatic rings. The second-order valence-electron chi connectivity index (χ2n) is 16.3. The molecule has 2 aromatic rings. The maximum absolute atomic E-state index is 2.78. The Hall–Kier alpha value is -2.22. The first-order valence-corrected chi connectivity index (χ1v) is 19.1. The van der Waals surface area contributed by atoms with E-state index in [1.54, 1.807) is 5.57 Å². The Morgan fingerprint density at radius 3 is 1.60 bits per heavy atom. The molecular weight excluding hydrogens is 743 g/mol. The van der Waals surface area contributed by atoms with E-state index in [-0.39, 0.29) is 88.9 Å². The number of hydrogen-bond donors (Lipinski definition) is 0. The van der Waals surface area contributed by atoms with Gasteiger partial charge in [-0.05, 0) is 51.1 Å². The number of rotatable bonds is 3. The third-order valence-corrected chi connectivity index (χ3v) is 18.3. The number of halogens is 2. The largest absolute Gasteiger partial charge is 3.00 e. The molecule has 6 aliphatic carbocycles. The Kier molecular flexibility index (Phi) is 9.92. The Balaban J connectivity index is 0.00000162. The molecule has 0 N–H and O–H groups in total. The third kappa shape index (κ3) is 4.26. The molecule has 2 fully saturated rings. The van der Waals surface area contributed by atoms with Crippen molar-refractivity contribution in [2.45, 2.75) is 61.8 Å². The molecular formula is C46H49Cl2SiZr. The standard InChI is InChI=1S/C46H49Si.2ClH.Zr/c1-33-39(34-21-15-16-22-34)38(47(36-23-11-9-12-24-36)37-25-13-10-14-26-37)31-35-32-44(6)42(4)29-18-17-27-40(42,2)41(3)28-19-20-30-43(41,5)46(44,8)45(33,35)7;;;/h9-21,23-32H,22H2,1-8H3;2*1H;/q-1;;;+3/p-2. The summed E-state index contributed by atoms with van der Waals surface area (Å²) in [6.45, 7) is 20.7. The first-order chi connectivity index (χ1) is 22.3. The van der Waals surface area contributed by atoms with E-state index >= 15 is 0 Å². The van der Waals surface area contributed by atoms with Gasteiger partial charge in [-0.25, -0.2) is 18.1 Å². The van der Waals surface area contributed by atoms with Crippen molar-refractivity contribution in [2.75, 3.05) is 0 Å². The number of allylic oxidation sites excluding steroid dienone is 16. The molecule has 0 heterocycles. The second kappa shape index (κ2) is 12.7. The van der Waals surface area contributed by atoms with E-state index in [1.165, 1.54) is 32.3 Å². The zero-order chi connectivity index (χ0) is 33.1. The molecule has 0 amide bonds. The van der Waals surface area contributed by atoms with Crippen molar-refractivity contribution in [3.63, 3.8) is 0 Å². The van der Waals surface area contributed by atoms with Crippen LogP contribution in [0, 0.1) is 44.3 Å². The van der Waals surface area contributed by atoms with Gasteiger partial charge in [0.15, 0.2) is 0 Å². The number of benzene rings is 2. The van der Waals surface area contributed by atoms with Gasteiger partial charge >= 0.3 is 26.2 Å². The molecule has 0 aromatic heterocycles. The van der Waals surface area contributed by atoms with Crippen LogP contribution in [0.3, 0.4) is 0 Å². The van der Waals surface area contributed by atoms with Gasteiger partial charge in [-0.2, -0.15) is 0 Å². The molecule has 50 heavy (non-hydrogen) atoms. The number of hydrogen-bond acceptors (Lipinski definition) is 0. The summed E-state index contributed by atoms with van der Waals surface area (Å²) in [6, 6.07) is 22.7. The summed E-state index contributed by atoms with van der Waals surface area (Å²) >= 11 is 0. The Morgan fingerprint density at radius 1 is 0.620 bits per heavy atom. The summed E-state index contributed by atoms with van der Waals surface area (Å²) in [7, 11) is -1.31. The predicted molar refractivity (Wildman–Crippen MR) is 203 cm³/mol. The first-order valence-electron chi connectivity index (χ1n) is 17.6. The molecule has 2 saturated carbocycles. The van der Waals surface area contributed by atoms with Gasteiger partial charge in [-0.15, -0.1) is 5.17 Å². The maximum Gasteiger partial charge on any atom is 3.00 e. The van der Waals surface area contributed by atoms with Crippen molar-refractivity contribution < 1.29 is 51.0 Å². The van der Waals surface area contributed by atoms with Crippen LogP contribution in [-0.4, -0.2) is 13.6 Å². The average molecular weight is 792 g/mol. The zero-order valence-electron chi connectivity index (χ0n) is 30.7. The van der Waals surface area contributed by atoms with Gasteiger partial charge in [0.2, 0.25) is 0 Å². The molecule has 0 nitrogen and oxygen atoms in total. The van der Waals surface area contributed by atoms with Crippen LogP contribution in [0.2, 0.25) is 0 Å². The van der Waals surface area contributed by atoms with Crippen molar-refractivity contribution in [2.24, 2.45) is 37.9 Å². The molecule has 7 unspecified atom stereocenters. The number of fused-ring (bicyclic) bond motifs is 8. The minimum atomic E-state index is -1.31. The summed E-state index contributed by atoms with van der Waals surface area (Å²) < 4.78 is 0. The monoisotopic (exact) mass is 789 g/mol. The van der Waals surface area contributed by atoms with E-state index in [0.29, 0.717) is 0 Å². The molecule has 7 atom stereocenters. The van der Waals surface area contributed by atoms with Crippen molar-refractivity contribution in [3.8, 4) is 0 Å². The smallest absolute Gasteiger partial charge is 1.00 e. The normalized spacial score (nSPS) is 38.3. The van der Waals surface area contributed by atoms with Gasteiger partial charge in [0.25, 0.3) is 0 Å². The van der Waals surface area contributed by atoms with Crippen LogP contribution >= 0.6 is 0 Å². The van der Waals surface area contributed by atoms with Crippen LogP contribution in [0.4, 0.5) is 0 Å². The van der Waals surface area contributed by atoms with Crippen molar-refractivity contribution in [1.29, 1.82) is 0 Å². The van der Waals surface area contributed by atoms with Crippen LogP contribution in [-0.2, 0) is 26.2 Å². The topological polar surface area (TPSA) is 0 Å². The molecule has 255 valence electrons. The predicted octanol–water partition coefficient (Wildman–Crippen LogP) is 3.73. The van der Waals surface area contributed by atoms with Gasteiger partial charge < -0.3 is 24.8 Å². The molecule has 0 bridgehead atoms. The molecule has 2 aromatic carbocycles. The van der Waals surface area contributed by atoms with Crippen LogP contribution in [0.25, 0.3) is 0 Å². The van der Waals surface area contributed by atoms with Crippen molar-refractivity contribution in [3.05, 3.63) is 162 Å². The summed E-state index contributed by atoms with van der Waals surface area (Å²) in [4.78, 5) is 0. The van der Waals surface area contributed by atoms with Gasteiger partial charge in [0, 0.05) is 16.2 Å². The SMILES string of the molecule is CC1=C(C2=CC=CC2)C(=[Si](c2ccccc2)c2ccccc2)C=C2[CH-]C3(C)C4(C)C=CC=CC4(C)C4(C)C=CC=CC4(C)C3(C)C21C.[Cl-].[Cl-].[Zr+3]. The first kappa shape index (κ1) is 39.0. The Morgan fingerprint density at radius 2 is 1.10 bits per heavy atom. The summed E-state index contributed by atoms with van der Waals surface area (Å²) in [5, 5.41) is 4.43. The van der Waals surface area contributed by atoms with E-state index in [9.17, 15) is 0 Å². The van der Waals surface area contributed by atoms with Crippen LogP contribution in [0.1, 0.15) is 61.8 Å². The van der Waals surface area contributed by atoms with E-state index < -0.39 is 8.41 Å². The van der Waals surface area contributed by atoms with E-state index in [2.05, 4.69) is 195 Å². The summed E-state index contributed by atoms with van der Waals surface area (Å²) in [5.41, 5.74) is 5.14. The van der Waals surface area contributed by atoms with Gasteiger partial charge in [0.05, 0.1) is 8.41 Å². The molecule has 0 spiro atoms. The molecule has 1 radical (unpaired) electrons. The molecule has 8 rings (SSSR count). The van der Waals surface area contributed by atoms with Gasteiger partial charge in [-0.3, -0.25) is 0 Å². The fourth-order valence-electron chi connectivity index (χ4n) is 12.0. The summed E-state index contributed by atoms with van der Waals surface area (Å²) in [5.74, 6) is 0. The summed E-state index contributed by atoms with van der Waals surface area (Å²) in [6.07, 6.45) is 33.1. The zero-order valence-corrected chi connectivity index (χ0v) is 35.7. The molecule has 4 heteroatoms. The van der Waals surface area contributed by atoms with Crippen molar-refractivity contribution in [1.82, 2.24) is 0 Å².